The highest BCUT2D eigenvalue weighted by Gasteiger charge is 2.14. The number of ether oxygens (including phenoxy) is 1. The maximum absolute atomic E-state index is 6.37. The van der Waals surface area contributed by atoms with Crippen LogP contribution in [0.25, 0.3) is 0 Å². The Balaban J connectivity index is 1.44. The highest BCUT2D eigenvalue weighted by atomic mass is 35.5. The molecular formula is C24H28ClN5O. The van der Waals surface area contributed by atoms with E-state index in [9.17, 15) is 0 Å². The van der Waals surface area contributed by atoms with Crippen molar-refractivity contribution in [3.8, 4) is 5.75 Å². The summed E-state index contributed by atoms with van der Waals surface area (Å²) < 4.78 is 5.59. The first-order valence-electron chi connectivity index (χ1n) is 10.6. The molecule has 0 unspecified atom stereocenters. The number of piperazine rings is 1. The molecule has 0 aliphatic carbocycles. The van der Waals surface area contributed by atoms with Crippen molar-refractivity contribution < 1.29 is 4.74 Å². The SMILES string of the molecule is CCOc1cccc(Cc2nc(Nc3ccc(N4CCN(C)CC4)cc3)ncc2Cl)c1. The van der Waals surface area contributed by atoms with Gasteiger partial charge in [-0.2, -0.15) is 0 Å². The summed E-state index contributed by atoms with van der Waals surface area (Å²) in [5.74, 6) is 1.39. The van der Waals surface area contributed by atoms with Crippen LogP contribution >= 0.6 is 11.6 Å². The number of likely N-dealkylation sites (N-methyl/N-ethyl adjacent to an activating group) is 1. The lowest BCUT2D eigenvalue weighted by Crippen LogP contribution is -2.44. The number of rotatable bonds is 7. The Morgan fingerprint density at radius 3 is 2.58 bits per heavy atom. The van der Waals surface area contributed by atoms with E-state index in [0.29, 0.717) is 24.0 Å². The fraction of sp³-hybridized carbons (Fsp3) is 0.333. The second-order valence-corrected chi connectivity index (χ2v) is 8.11. The van der Waals surface area contributed by atoms with Crippen LogP contribution in [0.1, 0.15) is 18.2 Å². The summed E-state index contributed by atoms with van der Waals surface area (Å²) in [7, 11) is 2.17. The third-order valence-corrected chi connectivity index (χ3v) is 5.71. The largest absolute Gasteiger partial charge is 0.494 e. The highest BCUT2D eigenvalue weighted by molar-refractivity contribution is 6.31. The monoisotopic (exact) mass is 437 g/mol. The van der Waals surface area contributed by atoms with E-state index in [1.807, 2.05) is 31.2 Å². The van der Waals surface area contributed by atoms with Crippen molar-refractivity contribution in [2.24, 2.45) is 0 Å². The van der Waals surface area contributed by atoms with E-state index in [0.717, 1.165) is 48.9 Å². The third kappa shape index (κ3) is 5.66. The van der Waals surface area contributed by atoms with E-state index in [4.69, 9.17) is 16.3 Å². The maximum atomic E-state index is 6.37. The molecule has 3 aromatic rings. The Bertz CT molecular complexity index is 1000. The highest BCUT2D eigenvalue weighted by Crippen LogP contribution is 2.24. The summed E-state index contributed by atoms with van der Waals surface area (Å²) >= 11 is 6.37. The van der Waals surface area contributed by atoms with E-state index in [-0.39, 0.29) is 0 Å². The average Bonchev–Trinajstić information content (AvgIpc) is 2.78. The molecule has 1 aliphatic rings. The molecule has 1 aliphatic heterocycles. The summed E-state index contributed by atoms with van der Waals surface area (Å²) in [6, 6.07) is 16.4. The number of anilines is 3. The van der Waals surface area contributed by atoms with E-state index in [1.54, 1.807) is 6.20 Å². The van der Waals surface area contributed by atoms with Crippen molar-refractivity contribution in [1.29, 1.82) is 0 Å². The molecule has 2 aromatic carbocycles. The first-order valence-corrected chi connectivity index (χ1v) is 11.0. The molecular weight excluding hydrogens is 410 g/mol. The van der Waals surface area contributed by atoms with Gasteiger partial charge < -0.3 is 19.9 Å². The van der Waals surface area contributed by atoms with Crippen LogP contribution in [0.2, 0.25) is 5.02 Å². The predicted molar refractivity (Wildman–Crippen MR) is 127 cm³/mol. The number of hydrogen-bond acceptors (Lipinski definition) is 6. The predicted octanol–water partition coefficient (Wildman–Crippen LogP) is 4.61. The quantitative estimate of drug-likeness (QED) is 0.582. The smallest absolute Gasteiger partial charge is 0.227 e. The number of nitrogens with one attached hydrogen (secondary N) is 1. The average molecular weight is 438 g/mol. The van der Waals surface area contributed by atoms with Crippen molar-refractivity contribution in [3.63, 3.8) is 0 Å². The van der Waals surface area contributed by atoms with Crippen molar-refractivity contribution in [3.05, 3.63) is 71.0 Å². The lowest BCUT2D eigenvalue weighted by Gasteiger charge is -2.34. The van der Waals surface area contributed by atoms with Gasteiger partial charge in [0, 0.05) is 44.0 Å². The van der Waals surface area contributed by atoms with Gasteiger partial charge in [-0.25, -0.2) is 9.97 Å². The number of nitrogens with zero attached hydrogens (tertiary/aromatic N) is 4. The summed E-state index contributed by atoms with van der Waals surface area (Å²) in [6.45, 7) is 6.90. The zero-order valence-corrected chi connectivity index (χ0v) is 18.8. The first-order chi connectivity index (χ1) is 15.1. The van der Waals surface area contributed by atoms with E-state index in [2.05, 4.69) is 56.4 Å². The minimum Gasteiger partial charge on any atom is -0.494 e. The lowest BCUT2D eigenvalue weighted by atomic mass is 10.1. The van der Waals surface area contributed by atoms with E-state index in [1.165, 1.54) is 5.69 Å². The molecule has 1 saturated heterocycles. The van der Waals surface area contributed by atoms with Gasteiger partial charge in [0.25, 0.3) is 0 Å². The molecule has 1 N–H and O–H groups in total. The van der Waals surface area contributed by atoms with Crippen molar-refractivity contribution in [2.75, 3.05) is 50.1 Å². The Hall–Kier alpha value is -2.83. The Morgan fingerprint density at radius 2 is 1.84 bits per heavy atom. The molecule has 1 fully saturated rings. The van der Waals surface area contributed by atoms with Crippen LogP contribution < -0.4 is 15.0 Å². The van der Waals surface area contributed by atoms with Gasteiger partial charge in [0.1, 0.15) is 5.75 Å². The van der Waals surface area contributed by atoms with Gasteiger partial charge in [-0.1, -0.05) is 23.7 Å². The number of hydrogen-bond donors (Lipinski definition) is 1. The minimum atomic E-state index is 0.535. The van der Waals surface area contributed by atoms with Crippen LogP contribution in [-0.4, -0.2) is 54.7 Å². The third-order valence-electron chi connectivity index (χ3n) is 5.39. The number of aromatic nitrogens is 2. The Labute approximate surface area is 188 Å². The number of benzene rings is 2. The topological polar surface area (TPSA) is 53.5 Å². The molecule has 31 heavy (non-hydrogen) atoms. The van der Waals surface area contributed by atoms with Crippen molar-refractivity contribution in [1.82, 2.24) is 14.9 Å². The van der Waals surface area contributed by atoms with Gasteiger partial charge in [0.15, 0.2) is 0 Å². The van der Waals surface area contributed by atoms with Crippen molar-refractivity contribution in [2.45, 2.75) is 13.3 Å². The molecule has 7 heteroatoms. The van der Waals surface area contributed by atoms with Crippen molar-refractivity contribution >= 4 is 28.9 Å². The van der Waals surface area contributed by atoms with Crippen LogP contribution in [0.5, 0.6) is 5.75 Å². The first kappa shape index (κ1) is 21.4. The molecule has 2 heterocycles. The van der Waals surface area contributed by atoms with Gasteiger partial charge in [0.2, 0.25) is 5.95 Å². The minimum absolute atomic E-state index is 0.535. The lowest BCUT2D eigenvalue weighted by molar-refractivity contribution is 0.313. The number of halogens is 1. The standard InChI is InChI=1S/C24H28ClN5O/c1-3-31-21-6-4-5-18(15-21)16-23-22(25)17-26-24(28-23)27-19-7-9-20(10-8-19)30-13-11-29(2)12-14-30/h4-10,15,17H,3,11-14,16H2,1-2H3,(H,26,27,28). The fourth-order valence-corrected chi connectivity index (χ4v) is 3.80. The molecule has 0 saturated carbocycles. The summed E-state index contributed by atoms with van der Waals surface area (Å²) in [5, 5.41) is 3.85. The summed E-state index contributed by atoms with van der Waals surface area (Å²) in [6.07, 6.45) is 2.26. The molecule has 0 amide bonds. The van der Waals surface area contributed by atoms with E-state index >= 15 is 0 Å². The molecule has 4 rings (SSSR count). The van der Waals surface area contributed by atoms with Gasteiger partial charge in [-0.3, -0.25) is 0 Å². The van der Waals surface area contributed by atoms with Crippen LogP contribution in [0.3, 0.4) is 0 Å². The van der Waals surface area contributed by atoms with Gasteiger partial charge in [-0.15, -0.1) is 0 Å². The van der Waals surface area contributed by atoms with Gasteiger partial charge in [0.05, 0.1) is 23.5 Å². The molecule has 0 atom stereocenters. The maximum Gasteiger partial charge on any atom is 0.227 e. The van der Waals surface area contributed by atoms with Gasteiger partial charge >= 0.3 is 0 Å². The van der Waals surface area contributed by atoms with E-state index < -0.39 is 0 Å². The molecule has 0 spiro atoms. The molecule has 1 aromatic heterocycles. The molecule has 6 nitrogen and oxygen atoms in total. The second kappa shape index (κ2) is 9.98. The summed E-state index contributed by atoms with van der Waals surface area (Å²) in [5.41, 5.74) is 4.06. The second-order valence-electron chi connectivity index (χ2n) is 7.71. The molecule has 0 bridgehead atoms. The Morgan fingerprint density at radius 1 is 1.06 bits per heavy atom. The van der Waals surface area contributed by atoms with Crippen LogP contribution in [0, 0.1) is 0 Å². The molecule has 162 valence electrons. The van der Waals surface area contributed by atoms with Crippen LogP contribution in [0.4, 0.5) is 17.3 Å². The zero-order chi connectivity index (χ0) is 21.6. The summed E-state index contributed by atoms with van der Waals surface area (Å²) in [4.78, 5) is 13.8. The normalized spacial score (nSPS) is 14.5. The Kier molecular flexibility index (Phi) is 6.89. The van der Waals surface area contributed by atoms with Crippen LogP contribution in [-0.2, 0) is 6.42 Å². The van der Waals surface area contributed by atoms with Gasteiger partial charge in [-0.05, 0) is 55.9 Å². The fourth-order valence-electron chi connectivity index (χ4n) is 3.64. The van der Waals surface area contributed by atoms with Crippen LogP contribution in [0.15, 0.2) is 54.7 Å². The zero-order valence-electron chi connectivity index (χ0n) is 18.0. The molecule has 0 radical (unpaired) electrons.